The topological polar surface area (TPSA) is 111 Å². The Bertz CT molecular complexity index is 987. The van der Waals surface area contributed by atoms with Gasteiger partial charge in [0.05, 0.1) is 12.0 Å². The highest BCUT2D eigenvalue weighted by Gasteiger charge is 2.21. The Kier molecular flexibility index (Phi) is 7.35. The fourth-order valence-corrected chi connectivity index (χ4v) is 3.38. The van der Waals surface area contributed by atoms with Gasteiger partial charge in [-0.15, -0.1) is 0 Å². The number of benzene rings is 2. The standard InChI is InChI=1S/C20H24N2O6S/c1-13-5-10-18(11-14(13)2)29(25,26)21-12-19(23)28-15(3)20(24)22-16-6-8-17(27-4)9-7-16/h5-11,15,21H,12H2,1-4H3,(H,22,24)/t15-/m0/s1. The second-order valence-corrected chi connectivity index (χ2v) is 8.19. The average Bonchev–Trinajstić information content (AvgIpc) is 2.69. The summed E-state index contributed by atoms with van der Waals surface area (Å²) in [5.74, 6) is -0.770. The molecule has 156 valence electrons. The Morgan fingerprint density at radius 2 is 1.69 bits per heavy atom. The van der Waals surface area contributed by atoms with E-state index in [-0.39, 0.29) is 4.90 Å². The number of aryl methyl sites for hydroxylation is 2. The molecule has 0 aliphatic carbocycles. The number of amides is 1. The normalized spacial score (nSPS) is 12.1. The number of rotatable bonds is 8. The number of carbonyl (C=O) groups excluding carboxylic acids is 2. The van der Waals surface area contributed by atoms with Gasteiger partial charge in [0, 0.05) is 5.69 Å². The SMILES string of the molecule is COc1ccc(NC(=O)[C@H](C)OC(=O)CNS(=O)(=O)c2ccc(C)c(C)c2)cc1. The zero-order chi connectivity index (χ0) is 21.6. The summed E-state index contributed by atoms with van der Waals surface area (Å²) in [4.78, 5) is 24.1. The number of esters is 1. The van der Waals surface area contributed by atoms with Gasteiger partial charge in [-0.3, -0.25) is 9.59 Å². The quantitative estimate of drug-likeness (QED) is 0.633. The number of hydrogen-bond donors (Lipinski definition) is 2. The van der Waals surface area contributed by atoms with Crippen molar-refractivity contribution in [2.45, 2.75) is 31.8 Å². The maximum atomic E-state index is 12.3. The molecule has 9 heteroatoms. The van der Waals surface area contributed by atoms with E-state index in [0.29, 0.717) is 11.4 Å². The molecule has 0 radical (unpaired) electrons. The first-order valence-corrected chi connectivity index (χ1v) is 10.3. The lowest BCUT2D eigenvalue weighted by molar-refractivity contribution is -0.151. The third-order valence-corrected chi connectivity index (χ3v) is 5.63. The number of methoxy groups -OCH3 is 1. The van der Waals surface area contributed by atoms with Crippen molar-refractivity contribution in [1.82, 2.24) is 4.72 Å². The van der Waals surface area contributed by atoms with E-state index >= 15 is 0 Å². The highest BCUT2D eigenvalue weighted by atomic mass is 32.2. The van der Waals surface area contributed by atoms with E-state index in [1.54, 1.807) is 37.3 Å². The van der Waals surface area contributed by atoms with Gasteiger partial charge in [-0.1, -0.05) is 6.07 Å². The van der Waals surface area contributed by atoms with Gasteiger partial charge < -0.3 is 14.8 Å². The predicted octanol–water partition coefficient (Wildman–Crippen LogP) is 2.16. The van der Waals surface area contributed by atoms with Crippen molar-refractivity contribution in [3.63, 3.8) is 0 Å². The fourth-order valence-electron chi connectivity index (χ4n) is 2.33. The molecule has 1 amide bonds. The molecule has 8 nitrogen and oxygen atoms in total. The zero-order valence-corrected chi connectivity index (χ0v) is 17.5. The highest BCUT2D eigenvalue weighted by Crippen LogP contribution is 2.16. The van der Waals surface area contributed by atoms with Crippen molar-refractivity contribution >= 4 is 27.6 Å². The summed E-state index contributed by atoms with van der Waals surface area (Å²) in [5.41, 5.74) is 2.29. The van der Waals surface area contributed by atoms with Crippen molar-refractivity contribution in [2.75, 3.05) is 19.0 Å². The van der Waals surface area contributed by atoms with E-state index in [1.807, 2.05) is 6.92 Å². The summed E-state index contributed by atoms with van der Waals surface area (Å²) >= 11 is 0. The van der Waals surface area contributed by atoms with Gasteiger partial charge in [0.15, 0.2) is 6.10 Å². The summed E-state index contributed by atoms with van der Waals surface area (Å²) in [7, 11) is -2.34. The third-order valence-electron chi connectivity index (χ3n) is 4.23. The Morgan fingerprint density at radius 1 is 1.03 bits per heavy atom. The van der Waals surface area contributed by atoms with Gasteiger partial charge in [0.25, 0.3) is 5.91 Å². The number of ether oxygens (including phenoxy) is 2. The zero-order valence-electron chi connectivity index (χ0n) is 16.7. The number of carbonyl (C=O) groups is 2. The minimum atomic E-state index is -3.87. The van der Waals surface area contributed by atoms with E-state index in [2.05, 4.69) is 10.0 Å². The van der Waals surface area contributed by atoms with E-state index in [0.717, 1.165) is 11.1 Å². The number of nitrogens with one attached hydrogen (secondary N) is 2. The minimum absolute atomic E-state index is 0.0543. The molecule has 0 aliphatic rings. The van der Waals surface area contributed by atoms with Crippen LogP contribution in [-0.2, 0) is 24.3 Å². The maximum Gasteiger partial charge on any atom is 0.321 e. The van der Waals surface area contributed by atoms with Crippen LogP contribution in [0.1, 0.15) is 18.1 Å². The summed E-state index contributed by atoms with van der Waals surface area (Å²) in [5, 5.41) is 2.60. The van der Waals surface area contributed by atoms with Gasteiger partial charge >= 0.3 is 5.97 Å². The lowest BCUT2D eigenvalue weighted by Crippen LogP contribution is -2.35. The highest BCUT2D eigenvalue weighted by molar-refractivity contribution is 7.89. The van der Waals surface area contributed by atoms with E-state index in [9.17, 15) is 18.0 Å². The summed E-state index contributed by atoms with van der Waals surface area (Å²) in [6, 6.07) is 11.3. The van der Waals surface area contributed by atoms with Crippen LogP contribution in [0.15, 0.2) is 47.4 Å². The van der Waals surface area contributed by atoms with Gasteiger partial charge in [-0.2, -0.15) is 4.72 Å². The van der Waals surface area contributed by atoms with Gasteiger partial charge in [-0.05, 0) is 68.3 Å². The first-order chi connectivity index (χ1) is 13.6. The molecule has 0 unspecified atom stereocenters. The molecule has 0 aromatic heterocycles. The van der Waals surface area contributed by atoms with Crippen LogP contribution in [0.4, 0.5) is 5.69 Å². The molecule has 29 heavy (non-hydrogen) atoms. The van der Waals surface area contributed by atoms with Crippen LogP contribution in [0.25, 0.3) is 0 Å². The van der Waals surface area contributed by atoms with Crippen LogP contribution in [0.3, 0.4) is 0 Å². The average molecular weight is 420 g/mol. The molecule has 0 saturated heterocycles. The molecule has 0 spiro atoms. The maximum absolute atomic E-state index is 12.3. The molecule has 0 fully saturated rings. The Labute approximate surface area is 170 Å². The lowest BCUT2D eigenvalue weighted by Gasteiger charge is -2.14. The molecule has 1 atom stereocenters. The van der Waals surface area contributed by atoms with Crippen molar-refractivity contribution < 1.29 is 27.5 Å². The summed E-state index contributed by atoms with van der Waals surface area (Å²) in [6.45, 7) is 4.48. The number of sulfonamides is 1. The van der Waals surface area contributed by atoms with Crippen molar-refractivity contribution in [3.8, 4) is 5.75 Å². The van der Waals surface area contributed by atoms with Gasteiger partial charge in [-0.25, -0.2) is 8.42 Å². The first kappa shape index (κ1) is 22.4. The van der Waals surface area contributed by atoms with Crippen LogP contribution >= 0.6 is 0 Å². The van der Waals surface area contributed by atoms with Crippen LogP contribution in [-0.4, -0.2) is 40.1 Å². The monoisotopic (exact) mass is 420 g/mol. The van der Waals surface area contributed by atoms with Crippen LogP contribution in [0.5, 0.6) is 5.75 Å². The van der Waals surface area contributed by atoms with Crippen molar-refractivity contribution in [2.24, 2.45) is 0 Å². The Hall–Kier alpha value is -2.91. The second kappa shape index (κ2) is 9.53. The molecule has 0 aliphatic heterocycles. The Balaban J connectivity index is 1.88. The molecule has 0 saturated carbocycles. The van der Waals surface area contributed by atoms with Crippen LogP contribution < -0.4 is 14.8 Å². The molecule has 2 aromatic carbocycles. The van der Waals surface area contributed by atoms with Gasteiger partial charge in [0.1, 0.15) is 12.3 Å². The second-order valence-electron chi connectivity index (χ2n) is 6.42. The van der Waals surface area contributed by atoms with Crippen molar-refractivity contribution in [3.05, 3.63) is 53.6 Å². The fraction of sp³-hybridized carbons (Fsp3) is 0.300. The summed E-state index contributed by atoms with van der Waals surface area (Å²) in [6.07, 6.45) is -1.10. The lowest BCUT2D eigenvalue weighted by atomic mass is 10.1. The Morgan fingerprint density at radius 3 is 2.28 bits per heavy atom. The van der Waals surface area contributed by atoms with Gasteiger partial charge in [0.2, 0.25) is 10.0 Å². The molecule has 2 rings (SSSR count). The number of anilines is 1. The summed E-state index contributed by atoms with van der Waals surface area (Å²) < 4.78 is 36.8. The minimum Gasteiger partial charge on any atom is -0.497 e. The largest absolute Gasteiger partial charge is 0.497 e. The van der Waals surface area contributed by atoms with Crippen molar-refractivity contribution in [1.29, 1.82) is 0 Å². The number of hydrogen-bond acceptors (Lipinski definition) is 6. The van der Waals surface area contributed by atoms with Crippen LogP contribution in [0, 0.1) is 13.8 Å². The molecule has 0 bridgehead atoms. The first-order valence-electron chi connectivity index (χ1n) is 8.83. The molecule has 2 aromatic rings. The van der Waals surface area contributed by atoms with E-state index in [1.165, 1.54) is 26.2 Å². The van der Waals surface area contributed by atoms with E-state index < -0.39 is 34.5 Å². The third kappa shape index (κ3) is 6.30. The van der Waals surface area contributed by atoms with Crippen LogP contribution in [0.2, 0.25) is 0 Å². The molecular formula is C20H24N2O6S. The predicted molar refractivity (Wildman–Crippen MR) is 108 cm³/mol. The molecule has 2 N–H and O–H groups in total. The smallest absolute Gasteiger partial charge is 0.321 e. The molecular weight excluding hydrogens is 396 g/mol. The van der Waals surface area contributed by atoms with E-state index in [4.69, 9.17) is 9.47 Å². The molecule has 0 heterocycles.